The molecule has 5 nitrogen and oxygen atoms in total. The molecule has 1 aliphatic heterocycles. The average molecular weight is 450 g/mol. The Labute approximate surface area is 181 Å². The number of hydrogen-bond acceptors (Lipinski definition) is 4. The second kappa shape index (κ2) is 8.72. The Morgan fingerprint density at radius 1 is 1.13 bits per heavy atom. The van der Waals surface area contributed by atoms with Crippen molar-refractivity contribution in [1.29, 1.82) is 0 Å². The van der Waals surface area contributed by atoms with E-state index in [1.54, 1.807) is 23.1 Å². The van der Waals surface area contributed by atoms with Gasteiger partial charge in [-0.3, -0.25) is 9.78 Å². The molecule has 1 saturated heterocycles. The van der Waals surface area contributed by atoms with Gasteiger partial charge in [0.1, 0.15) is 0 Å². The van der Waals surface area contributed by atoms with Crippen molar-refractivity contribution < 1.29 is 22.7 Å². The number of fused-ring (bicyclic) bond motifs is 1. The number of alkyl halides is 3. The van der Waals surface area contributed by atoms with Crippen molar-refractivity contribution >= 4 is 34.1 Å². The third-order valence-corrected chi connectivity index (χ3v) is 5.34. The van der Waals surface area contributed by atoms with Crippen molar-refractivity contribution in [3.05, 3.63) is 70.4 Å². The van der Waals surface area contributed by atoms with Crippen molar-refractivity contribution in [3.8, 4) is 0 Å². The number of benzene rings is 2. The normalized spacial score (nSPS) is 14.6. The molecule has 0 saturated carbocycles. The van der Waals surface area contributed by atoms with Gasteiger partial charge in [-0.2, -0.15) is 13.2 Å². The van der Waals surface area contributed by atoms with Crippen LogP contribution in [-0.2, 0) is 17.5 Å². The van der Waals surface area contributed by atoms with Gasteiger partial charge in [0.05, 0.1) is 35.5 Å². The Bertz CT molecular complexity index is 1100. The van der Waals surface area contributed by atoms with Crippen LogP contribution in [0.2, 0.25) is 5.02 Å². The molecular weight excluding hydrogens is 431 g/mol. The monoisotopic (exact) mass is 449 g/mol. The van der Waals surface area contributed by atoms with E-state index in [4.69, 9.17) is 16.3 Å². The molecule has 1 N–H and O–H groups in total. The summed E-state index contributed by atoms with van der Waals surface area (Å²) in [6.45, 7) is 2.11. The summed E-state index contributed by atoms with van der Waals surface area (Å²) in [5.41, 5.74) is 1.51. The molecule has 1 aromatic heterocycles. The van der Waals surface area contributed by atoms with Crippen molar-refractivity contribution in [2.45, 2.75) is 12.7 Å². The summed E-state index contributed by atoms with van der Waals surface area (Å²) in [4.78, 5) is 19.2. The van der Waals surface area contributed by atoms with E-state index >= 15 is 0 Å². The average Bonchev–Trinajstić information content (AvgIpc) is 2.77. The molecule has 1 amide bonds. The first kappa shape index (κ1) is 21.4. The lowest BCUT2D eigenvalue weighted by molar-refractivity contribution is -0.137. The number of pyridine rings is 1. The van der Waals surface area contributed by atoms with Gasteiger partial charge in [-0.05, 0) is 35.9 Å². The third kappa shape index (κ3) is 4.75. The summed E-state index contributed by atoms with van der Waals surface area (Å²) in [6, 6.07) is 10.1. The lowest BCUT2D eigenvalue weighted by Crippen LogP contribution is -2.41. The van der Waals surface area contributed by atoms with Gasteiger partial charge in [-0.1, -0.05) is 23.7 Å². The first-order valence-electron chi connectivity index (χ1n) is 9.68. The summed E-state index contributed by atoms with van der Waals surface area (Å²) in [5.74, 6) is -0.187. The van der Waals surface area contributed by atoms with Crippen LogP contribution < -0.4 is 5.32 Å². The number of anilines is 1. The number of aromatic nitrogens is 1. The van der Waals surface area contributed by atoms with Crippen LogP contribution in [0.5, 0.6) is 0 Å². The fourth-order valence-corrected chi connectivity index (χ4v) is 3.63. The number of amides is 1. The zero-order chi connectivity index (χ0) is 22.0. The molecule has 31 heavy (non-hydrogen) atoms. The molecule has 1 fully saturated rings. The van der Waals surface area contributed by atoms with Crippen LogP contribution in [0.4, 0.5) is 18.9 Å². The van der Waals surface area contributed by atoms with Gasteiger partial charge < -0.3 is 15.0 Å². The molecule has 4 rings (SSSR count). The van der Waals surface area contributed by atoms with Crippen LogP contribution in [0.25, 0.3) is 10.9 Å². The molecule has 0 aliphatic carbocycles. The second-order valence-corrected chi connectivity index (χ2v) is 7.60. The van der Waals surface area contributed by atoms with Gasteiger partial charge in [0, 0.05) is 36.2 Å². The first-order chi connectivity index (χ1) is 14.8. The smallest absolute Gasteiger partial charge is 0.380 e. The molecule has 9 heteroatoms. The molecule has 0 unspecified atom stereocenters. The minimum absolute atomic E-state index is 0.187. The summed E-state index contributed by atoms with van der Waals surface area (Å²) in [6.07, 6.45) is -2.87. The van der Waals surface area contributed by atoms with Gasteiger partial charge in [0.25, 0.3) is 5.91 Å². The molecule has 0 spiro atoms. The lowest BCUT2D eigenvalue weighted by atomic mass is 10.1. The Hall–Kier alpha value is -2.84. The summed E-state index contributed by atoms with van der Waals surface area (Å²) >= 11 is 6.17. The molecule has 0 bridgehead atoms. The summed E-state index contributed by atoms with van der Waals surface area (Å²) in [5, 5.41) is 4.37. The highest BCUT2D eigenvalue weighted by molar-refractivity contribution is 6.31. The highest BCUT2D eigenvalue weighted by Gasteiger charge is 2.30. The number of nitrogens with zero attached hydrogens (tertiary/aromatic N) is 2. The maximum atomic E-state index is 13.1. The maximum absolute atomic E-state index is 13.1. The lowest BCUT2D eigenvalue weighted by Gasteiger charge is -2.28. The maximum Gasteiger partial charge on any atom is 0.416 e. The van der Waals surface area contributed by atoms with E-state index in [1.165, 1.54) is 18.3 Å². The van der Waals surface area contributed by atoms with Crippen LogP contribution in [0, 0.1) is 0 Å². The zero-order valence-electron chi connectivity index (χ0n) is 16.4. The predicted octanol–water partition coefficient (Wildman–Crippen LogP) is 4.99. The number of morpholine rings is 1. The Kier molecular flexibility index (Phi) is 6.02. The summed E-state index contributed by atoms with van der Waals surface area (Å²) in [7, 11) is 0. The molecule has 0 radical (unpaired) electrons. The van der Waals surface area contributed by atoms with Crippen molar-refractivity contribution in [3.63, 3.8) is 0 Å². The molecule has 2 aromatic carbocycles. The molecule has 3 aromatic rings. The zero-order valence-corrected chi connectivity index (χ0v) is 17.1. The minimum atomic E-state index is -4.39. The molecule has 2 heterocycles. The van der Waals surface area contributed by atoms with Gasteiger partial charge >= 0.3 is 6.18 Å². The van der Waals surface area contributed by atoms with E-state index in [0.29, 0.717) is 59.0 Å². The van der Waals surface area contributed by atoms with Crippen LogP contribution in [0.1, 0.15) is 21.5 Å². The quantitative estimate of drug-likeness (QED) is 0.609. The van der Waals surface area contributed by atoms with Crippen LogP contribution in [0.3, 0.4) is 0 Å². The Morgan fingerprint density at radius 2 is 1.84 bits per heavy atom. The fraction of sp³-hybridized carbons (Fsp3) is 0.273. The van der Waals surface area contributed by atoms with Gasteiger partial charge in [-0.15, -0.1) is 0 Å². The number of carbonyl (C=O) groups excluding carboxylic acids is 1. The number of nitrogens with one attached hydrogen (secondary N) is 1. The molecule has 1 aliphatic rings. The number of carbonyl (C=O) groups is 1. The van der Waals surface area contributed by atoms with Gasteiger partial charge in [0.2, 0.25) is 0 Å². The van der Waals surface area contributed by atoms with E-state index in [0.717, 1.165) is 12.1 Å². The molecule has 162 valence electrons. The Balaban J connectivity index is 1.67. The van der Waals surface area contributed by atoms with E-state index in [2.05, 4.69) is 10.3 Å². The third-order valence-electron chi connectivity index (χ3n) is 5.11. The number of rotatable bonds is 4. The van der Waals surface area contributed by atoms with Gasteiger partial charge in [-0.25, -0.2) is 0 Å². The second-order valence-electron chi connectivity index (χ2n) is 7.16. The summed E-state index contributed by atoms with van der Waals surface area (Å²) < 4.78 is 43.8. The predicted molar refractivity (Wildman–Crippen MR) is 112 cm³/mol. The SMILES string of the molecule is O=C(c1cnc2ccc(Cl)cc2c1NCc1ccc(C(F)(F)F)cc1)N1CCOCC1. The van der Waals surface area contributed by atoms with Crippen molar-refractivity contribution in [1.82, 2.24) is 9.88 Å². The number of ether oxygens (including phenoxy) is 1. The largest absolute Gasteiger partial charge is 0.416 e. The minimum Gasteiger partial charge on any atom is -0.380 e. The van der Waals surface area contributed by atoms with Crippen LogP contribution in [-0.4, -0.2) is 42.1 Å². The highest BCUT2D eigenvalue weighted by atomic mass is 35.5. The highest BCUT2D eigenvalue weighted by Crippen LogP contribution is 2.31. The van der Waals surface area contributed by atoms with Gasteiger partial charge in [0.15, 0.2) is 0 Å². The van der Waals surface area contributed by atoms with Crippen molar-refractivity contribution in [2.24, 2.45) is 0 Å². The molecular formula is C22H19ClF3N3O2. The number of halogens is 4. The molecule has 0 atom stereocenters. The number of hydrogen-bond donors (Lipinski definition) is 1. The topological polar surface area (TPSA) is 54.5 Å². The van der Waals surface area contributed by atoms with E-state index in [1.807, 2.05) is 0 Å². The first-order valence-corrected chi connectivity index (χ1v) is 10.1. The van der Waals surface area contributed by atoms with Crippen LogP contribution in [0.15, 0.2) is 48.7 Å². The van der Waals surface area contributed by atoms with Crippen molar-refractivity contribution in [2.75, 3.05) is 31.6 Å². The van der Waals surface area contributed by atoms with Crippen LogP contribution >= 0.6 is 11.6 Å². The Morgan fingerprint density at radius 3 is 2.52 bits per heavy atom. The fourth-order valence-electron chi connectivity index (χ4n) is 3.46. The van der Waals surface area contributed by atoms with E-state index in [9.17, 15) is 18.0 Å². The van der Waals surface area contributed by atoms with E-state index < -0.39 is 11.7 Å². The van der Waals surface area contributed by atoms with E-state index in [-0.39, 0.29) is 12.5 Å². The standard InChI is InChI=1S/C22H19ClF3N3O2/c23-16-5-6-19-17(11-16)20(18(13-27-19)21(30)29-7-9-31-10-8-29)28-12-14-1-3-15(4-2-14)22(24,25)26/h1-6,11,13H,7-10,12H2,(H,27,28).